The van der Waals surface area contributed by atoms with Gasteiger partial charge in [0.05, 0.1) is 0 Å². The molecule has 0 saturated heterocycles. The van der Waals surface area contributed by atoms with Crippen LogP contribution in [0.2, 0.25) is 0 Å². The molecular weight excluding hydrogens is 328 g/mol. The lowest BCUT2D eigenvalue weighted by molar-refractivity contribution is -0.123. The van der Waals surface area contributed by atoms with Crippen molar-refractivity contribution in [1.29, 1.82) is 0 Å². The van der Waals surface area contributed by atoms with Crippen LogP contribution in [-0.2, 0) is 4.79 Å². The number of hydrogen-bond acceptors (Lipinski definition) is 1. The fourth-order valence-electron chi connectivity index (χ4n) is 3.84. The minimum Gasteiger partial charge on any atom is -0.299 e. The van der Waals surface area contributed by atoms with Gasteiger partial charge in [-0.25, -0.2) is 0 Å². The Labute approximate surface area is 171 Å². The van der Waals surface area contributed by atoms with E-state index in [1.165, 1.54) is 89.9 Å². The molecule has 0 saturated carbocycles. The van der Waals surface area contributed by atoms with Gasteiger partial charge in [-0.05, 0) is 44.9 Å². The van der Waals surface area contributed by atoms with E-state index >= 15 is 0 Å². The van der Waals surface area contributed by atoms with Crippen LogP contribution in [-0.4, -0.2) is 5.78 Å². The van der Waals surface area contributed by atoms with Crippen LogP contribution in [0.4, 0.5) is 0 Å². The molecule has 0 aromatic heterocycles. The molecule has 0 aliphatic carbocycles. The summed E-state index contributed by atoms with van der Waals surface area (Å²) in [6, 6.07) is 0. The first-order valence-corrected chi connectivity index (χ1v) is 12.4. The van der Waals surface area contributed by atoms with Crippen LogP contribution in [0.25, 0.3) is 0 Å². The summed E-state index contributed by atoms with van der Waals surface area (Å²) >= 11 is 0. The summed E-state index contributed by atoms with van der Waals surface area (Å²) in [6.07, 6.45) is 28.5. The number of ketones is 1. The van der Waals surface area contributed by atoms with Crippen LogP contribution in [0.15, 0.2) is 12.2 Å². The third-order valence-corrected chi connectivity index (χ3v) is 5.68. The van der Waals surface area contributed by atoms with E-state index in [1.807, 2.05) is 0 Å². The molecule has 0 radical (unpaired) electrons. The molecule has 160 valence electrons. The maximum atomic E-state index is 12.4. The highest BCUT2D eigenvalue weighted by Gasteiger charge is 2.16. The van der Waals surface area contributed by atoms with Gasteiger partial charge < -0.3 is 0 Å². The predicted molar refractivity (Wildman–Crippen MR) is 122 cm³/mol. The Balaban J connectivity index is 3.45. The molecule has 0 fully saturated rings. The molecule has 0 bridgehead atoms. The molecule has 1 atom stereocenters. The summed E-state index contributed by atoms with van der Waals surface area (Å²) in [7, 11) is 0. The van der Waals surface area contributed by atoms with E-state index in [9.17, 15) is 4.79 Å². The Bertz CT molecular complexity index is 331. The zero-order chi connectivity index (χ0) is 20.0. The Morgan fingerprint density at radius 2 is 1.11 bits per heavy atom. The van der Waals surface area contributed by atoms with Gasteiger partial charge in [0.15, 0.2) is 0 Å². The van der Waals surface area contributed by atoms with Crippen LogP contribution in [0.5, 0.6) is 0 Å². The Hall–Kier alpha value is -0.590. The van der Waals surface area contributed by atoms with Crippen LogP contribution >= 0.6 is 0 Å². The Morgan fingerprint density at radius 3 is 1.67 bits per heavy atom. The second kappa shape index (κ2) is 21.7. The summed E-state index contributed by atoms with van der Waals surface area (Å²) in [5.41, 5.74) is 0. The second-order valence-corrected chi connectivity index (χ2v) is 8.43. The number of allylic oxidation sites excluding steroid dienone is 2. The molecule has 0 aromatic carbocycles. The van der Waals surface area contributed by atoms with E-state index in [4.69, 9.17) is 0 Å². The van der Waals surface area contributed by atoms with E-state index in [0.29, 0.717) is 11.7 Å². The monoisotopic (exact) mass is 378 g/mol. The van der Waals surface area contributed by atoms with Gasteiger partial charge in [0.25, 0.3) is 0 Å². The van der Waals surface area contributed by atoms with Crippen molar-refractivity contribution in [3.8, 4) is 0 Å². The largest absolute Gasteiger partial charge is 0.299 e. The van der Waals surface area contributed by atoms with Crippen molar-refractivity contribution in [1.82, 2.24) is 0 Å². The van der Waals surface area contributed by atoms with E-state index in [0.717, 1.165) is 32.1 Å². The third kappa shape index (κ3) is 18.5. The van der Waals surface area contributed by atoms with Gasteiger partial charge in [0, 0.05) is 12.3 Å². The Kier molecular flexibility index (Phi) is 21.2. The van der Waals surface area contributed by atoms with Gasteiger partial charge in [-0.3, -0.25) is 4.79 Å². The average molecular weight is 379 g/mol. The first-order valence-electron chi connectivity index (χ1n) is 12.4. The van der Waals surface area contributed by atoms with Crippen LogP contribution < -0.4 is 0 Å². The molecule has 1 unspecified atom stereocenters. The van der Waals surface area contributed by atoms with Crippen molar-refractivity contribution in [3.05, 3.63) is 12.2 Å². The fourth-order valence-corrected chi connectivity index (χ4v) is 3.84. The van der Waals surface area contributed by atoms with Gasteiger partial charge in [0.1, 0.15) is 5.78 Å². The quantitative estimate of drug-likeness (QED) is 0.144. The molecule has 0 rings (SSSR count). The molecule has 0 amide bonds. The predicted octanol–water partition coefficient (Wildman–Crippen LogP) is 9.20. The number of hydrogen-bond donors (Lipinski definition) is 0. The van der Waals surface area contributed by atoms with Gasteiger partial charge >= 0.3 is 0 Å². The number of unbranched alkanes of at least 4 members (excludes halogenated alkanes) is 12. The van der Waals surface area contributed by atoms with Crippen molar-refractivity contribution < 1.29 is 4.79 Å². The zero-order valence-corrected chi connectivity index (χ0v) is 19.1. The summed E-state index contributed by atoms with van der Waals surface area (Å²) in [5, 5.41) is 0. The SMILES string of the molecule is CCCCCCCCC=CCCCCCCCC(=O)C(CCC)CCCC. The van der Waals surface area contributed by atoms with Crippen LogP contribution in [0.1, 0.15) is 143 Å². The molecule has 0 N–H and O–H groups in total. The topological polar surface area (TPSA) is 17.1 Å². The summed E-state index contributed by atoms with van der Waals surface area (Å²) in [5.74, 6) is 0.898. The highest BCUT2D eigenvalue weighted by atomic mass is 16.1. The molecule has 0 heterocycles. The molecule has 0 aliphatic rings. The minimum atomic E-state index is 0.353. The van der Waals surface area contributed by atoms with Gasteiger partial charge in [-0.2, -0.15) is 0 Å². The number of Topliss-reactive ketones (excluding diaryl/α,β-unsaturated/α-hetero) is 1. The summed E-state index contributed by atoms with van der Waals surface area (Å²) in [6.45, 7) is 6.70. The van der Waals surface area contributed by atoms with E-state index in [2.05, 4.69) is 32.9 Å². The molecule has 0 spiro atoms. The van der Waals surface area contributed by atoms with Crippen LogP contribution in [0, 0.1) is 5.92 Å². The second-order valence-electron chi connectivity index (χ2n) is 8.43. The Morgan fingerprint density at radius 1 is 0.593 bits per heavy atom. The van der Waals surface area contributed by atoms with E-state index in [1.54, 1.807) is 0 Å². The normalized spacial score (nSPS) is 12.7. The first-order chi connectivity index (χ1) is 13.3. The lowest BCUT2D eigenvalue weighted by atomic mass is 9.90. The molecule has 0 aromatic rings. The van der Waals surface area contributed by atoms with Gasteiger partial charge in [-0.15, -0.1) is 0 Å². The fraction of sp³-hybridized carbons (Fsp3) is 0.885. The molecule has 0 aliphatic heterocycles. The standard InChI is InChI=1S/C26H50O/c1-4-7-9-10-11-12-13-14-15-16-17-18-19-20-21-24-26(27)25(22-6-3)23-8-5-2/h14-15,25H,4-13,16-24H2,1-3H3. The third-order valence-electron chi connectivity index (χ3n) is 5.68. The molecule has 27 heavy (non-hydrogen) atoms. The van der Waals surface area contributed by atoms with Crippen molar-refractivity contribution in [3.63, 3.8) is 0 Å². The maximum Gasteiger partial charge on any atom is 0.135 e. The molecule has 1 nitrogen and oxygen atoms in total. The van der Waals surface area contributed by atoms with Crippen molar-refractivity contribution in [2.24, 2.45) is 5.92 Å². The zero-order valence-electron chi connectivity index (χ0n) is 19.1. The lowest BCUT2D eigenvalue weighted by Gasteiger charge is -2.14. The lowest BCUT2D eigenvalue weighted by Crippen LogP contribution is -2.14. The maximum absolute atomic E-state index is 12.4. The number of carbonyl (C=O) groups excluding carboxylic acids is 1. The van der Waals surface area contributed by atoms with E-state index < -0.39 is 0 Å². The van der Waals surface area contributed by atoms with Crippen molar-refractivity contribution in [2.45, 2.75) is 143 Å². The van der Waals surface area contributed by atoms with Gasteiger partial charge in [0.2, 0.25) is 0 Å². The molecular formula is C26H50O. The minimum absolute atomic E-state index is 0.353. The van der Waals surface area contributed by atoms with Crippen molar-refractivity contribution >= 4 is 5.78 Å². The van der Waals surface area contributed by atoms with Gasteiger partial charge in [-0.1, -0.05) is 104 Å². The highest BCUT2D eigenvalue weighted by Crippen LogP contribution is 2.19. The summed E-state index contributed by atoms with van der Waals surface area (Å²) < 4.78 is 0. The van der Waals surface area contributed by atoms with Crippen molar-refractivity contribution in [2.75, 3.05) is 0 Å². The van der Waals surface area contributed by atoms with E-state index in [-0.39, 0.29) is 0 Å². The number of carbonyl (C=O) groups is 1. The molecule has 1 heteroatoms. The average Bonchev–Trinajstić information content (AvgIpc) is 2.68. The highest BCUT2D eigenvalue weighted by molar-refractivity contribution is 5.80. The summed E-state index contributed by atoms with van der Waals surface area (Å²) in [4.78, 5) is 12.4. The number of rotatable bonds is 21. The first kappa shape index (κ1) is 26.4. The smallest absolute Gasteiger partial charge is 0.135 e. The van der Waals surface area contributed by atoms with Crippen LogP contribution in [0.3, 0.4) is 0 Å².